The van der Waals surface area contributed by atoms with Crippen molar-refractivity contribution in [2.45, 2.75) is 24.8 Å². The van der Waals surface area contributed by atoms with E-state index in [0.717, 1.165) is 22.3 Å². The summed E-state index contributed by atoms with van der Waals surface area (Å²) < 4.78 is 5.62. The van der Waals surface area contributed by atoms with Crippen molar-refractivity contribution < 1.29 is 24.2 Å². The molecule has 7 nitrogen and oxygen atoms in total. The lowest BCUT2D eigenvalue weighted by Gasteiger charge is -2.24. The Morgan fingerprint density at radius 1 is 1.03 bits per heavy atom. The highest BCUT2D eigenvalue weighted by Gasteiger charge is 2.31. The van der Waals surface area contributed by atoms with Gasteiger partial charge in [-0.1, -0.05) is 54.6 Å². The van der Waals surface area contributed by atoms with E-state index in [1.54, 1.807) is 13.1 Å². The molecule has 1 aliphatic rings. The predicted octanol–water partition coefficient (Wildman–Crippen LogP) is 4.65. The van der Waals surface area contributed by atoms with Crippen molar-refractivity contribution in [2.75, 3.05) is 20.2 Å². The molecule has 0 spiro atoms. The maximum atomic E-state index is 13.1. The van der Waals surface area contributed by atoms with Gasteiger partial charge in [-0.2, -0.15) is 0 Å². The molecule has 1 aromatic heterocycles. The summed E-state index contributed by atoms with van der Waals surface area (Å²) in [7, 11) is 1.60. The quantitative estimate of drug-likeness (QED) is 0.467. The van der Waals surface area contributed by atoms with Crippen LogP contribution in [0.4, 0.5) is 4.79 Å². The summed E-state index contributed by atoms with van der Waals surface area (Å²) in [4.78, 5) is 38.7. The molecule has 1 aliphatic carbocycles. The first-order valence-corrected chi connectivity index (χ1v) is 12.0. The van der Waals surface area contributed by atoms with Crippen molar-refractivity contribution in [3.8, 4) is 11.1 Å². The Kier molecular flexibility index (Phi) is 7.27. The third-order valence-corrected chi connectivity index (χ3v) is 6.88. The summed E-state index contributed by atoms with van der Waals surface area (Å²) in [5, 5.41) is 13.4. The van der Waals surface area contributed by atoms with Crippen LogP contribution in [0.15, 0.2) is 66.0 Å². The molecular weight excluding hydrogens is 452 g/mol. The maximum Gasteiger partial charge on any atom is 0.408 e. The second kappa shape index (κ2) is 10.5. The monoisotopic (exact) mass is 478 g/mol. The number of carbonyl (C=O) groups is 3. The van der Waals surface area contributed by atoms with Gasteiger partial charge >= 0.3 is 12.1 Å². The van der Waals surface area contributed by atoms with Crippen molar-refractivity contribution in [1.29, 1.82) is 0 Å². The Morgan fingerprint density at radius 2 is 1.68 bits per heavy atom. The number of alkyl carbamates (subject to hydrolysis) is 1. The van der Waals surface area contributed by atoms with E-state index in [2.05, 4.69) is 17.4 Å². The number of hydrogen-bond acceptors (Lipinski definition) is 5. The Hall–Kier alpha value is -3.65. The Bertz CT molecular complexity index is 1130. The third-order valence-electron chi connectivity index (χ3n) is 5.94. The largest absolute Gasteiger partial charge is 0.481 e. The fourth-order valence-electron chi connectivity index (χ4n) is 4.27. The van der Waals surface area contributed by atoms with Gasteiger partial charge in [0, 0.05) is 30.8 Å². The van der Waals surface area contributed by atoms with Crippen LogP contribution < -0.4 is 5.32 Å². The summed E-state index contributed by atoms with van der Waals surface area (Å²) in [5.74, 6) is -1.30. The van der Waals surface area contributed by atoms with Gasteiger partial charge in [0.25, 0.3) is 0 Å². The SMILES string of the molecule is CN(CCCC(=O)O)C(=O)C(NC(=O)OCC1c2ccccc2-c2ccccc21)c1cccs1. The van der Waals surface area contributed by atoms with Crippen LogP contribution in [-0.4, -0.2) is 48.2 Å². The van der Waals surface area contributed by atoms with Crippen LogP contribution in [0.2, 0.25) is 0 Å². The minimum Gasteiger partial charge on any atom is -0.481 e. The third kappa shape index (κ3) is 5.12. The van der Waals surface area contributed by atoms with E-state index < -0.39 is 18.1 Å². The normalized spacial score (nSPS) is 13.0. The molecule has 2 amide bonds. The number of benzene rings is 2. The van der Waals surface area contributed by atoms with E-state index in [4.69, 9.17) is 9.84 Å². The molecule has 0 saturated carbocycles. The first-order valence-electron chi connectivity index (χ1n) is 11.1. The van der Waals surface area contributed by atoms with Crippen molar-refractivity contribution in [1.82, 2.24) is 10.2 Å². The van der Waals surface area contributed by atoms with E-state index in [1.807, 2.05) is 47.8 Å². The fourth-order valence-corrected chi connectivity index (χ4v) is 5.03. The van der Waals surface area contributed by atoms with Gasteiger partial charge in [0.05, 0.1) is 0 Å². The first-order chi connectivity index (χ1) is 16.5. The van der Waals surface area contributed by atoms with Crippen LogP contribution in [-0.2, 0) is 14.3 Å². The van der Waals surface area contributed by atoms with E-state index in [1.165, 1.54) is 16.2 Å². The maximum absolute atomic E-state index is 13.1. The molecule has 34 heavy (non-hydrogen) atoms. The lowest BCUT2D eigenvalue weighted by Crippen LogP contribution is -2.41. The van der Waals surface area contributed by atoms with E-state index >= 15 is 0 Å². The van der Waals surface area contributed by atoms with E-state index in [9.17, 15) is 14.4 Å². The molecule has 3 aromatic rings. The number of carboxylic acids is 1. The zero-order valence-corrected chi connectivity index (χ0v) is 19.6. The molecule has 1 atom stereocenters. The Labute approximate surface area is 202 Å². The molecule has 0 fully saturated rings. The Balaban J connectivity index is 1.43. The molecule has 4 rings (SSSR count). The minimum atomic E-state index is -0.910. The lowest BCUT2D eigenvalue weighted by molar-refractivity contribution is -0.138. The molecular formula is C26H26N2O5S. The Morgan fingerprint density at radius 3 is 2.26 bits per heavy atom. The number of nitrogens with one attached hydrogen (secondary N) is 1. The van der Waals surface area contributed by atoms with Crippen LogP contribution in [0, 0.1) is 0 Å². The zero-order valence-electron chi connectivity index (χ0n) is 18.8. The molecule has 1 heterocycles. The number of ether oxygens (including phenoxy) is 1. The molecule has 0 aliphatic heterocycles. The summed E-state index contributed by atoms with van der Waals surface area (Å²) in [5.41, 5.74) is 4.50. The predicted molar refractivity (Wildman–Crippen MR) is 130 cm³/mol. The minimum absolute atomic E-state index is 0.0267. The highest BCUT2D eigenvalue weighted by Crippen LogP contribution is 2.44. The van der Waals surface area contributed by atoms with Crippen molar-refractivity contribution in [2.24, 2.45) is 0 Å². The highest BCUT2D eigenvalue weighted by molar-refractivity contribution is 7.10. The molecule has 0 bridgehead atoms. The number of fused-ring (bicyclic) bond motifs is 3. The van der Waals surface area contributed by atoms with Gasteiger partial charge < -0.3 is 20.1 Å². The summed E-state index contributed by atoms with van der Waals surface area (Å²) in [6, 6.07) is 18.9. The smallest absolute Gasteiger partial charge is 0.408 e. The molecule has 8 heteroatoms. The number of rotatable bonds is 9. The van der Waals surface area contributed by atoms with Gasteiger partial charge in [-0.25, -0.2) is 4.79 Å². The second-order valence-corrected chi connectivity index (χ2v) is 9.15. The standard InChI is InChI=1S/C26H26N2O5S/c1-28(14-6-13-23(29)30)25(31)24(22-12-7-15-34-22)27-26(32)33-16-21-19-10-4-2-8-17(19)18-9-3-5-11-20(18)21/h2-5,7-12,15,21,24H,6,13-14,16H2,1H3,(H,27,32)(H,29,30). The fraction of sp³-hybridized carbons (Fsp3) is 0.269. The summed E-state index contributed by atoms with van der Waals surface area (Å²) in [6.45, 7) is 0.430. The van der Waals surface area contributed by atoms with Crippen LogP contribution in [0.25, 0.3) is 11.1 Å². The van der Waals surface area contributed by atoms with Gasteiger partial charge in [0.2, 0.25) is 5.91 Å². The second-order valence-electron chi connectivity index (χ2n) is 8.18. The highest BCUT2D eigenvalue weighted by atomic mass is 32.1. The summed E-state index contributed by atoms with van der Waals surface area (Å²) >= 11 is 1.36. The molecule has 1 unspecified atom stereocenters. The van der Waals surface area contributed by atoms with Crippen molar-refractivity contribution in [3.05, 3.63) is 82.0 Å². The van der Waals surface area contributed by atoms with Gasteiger partial charge in [-0.3, -0.25) is 9.59 Å². The summed E-state index contributed by atoms with van der Waals surface area (Å²) in [6.07, 6.45) is -0.367. The number of likely N-dealkylation sites (N-methyl/N-ethyl adjacent to an activating group) is 1. The van der Waals surface area contributed by atoms with Gasteiger partial charge in [-0.05, 0) is 40.1 Å². The van der Waals surface area contributed by atoms with Crippen molar-refractivity contribution >= 4 is 29.3 Å². The van der Waals surface area contributed by atoms with Gasteiger partial charge in [-0.15, -0.1) is 11.3 Å². The molecule has 0 saturated heterocycles. The van der Waals surface area contributed by atoms with E-state index in [-0.39, 0.29) is 31.4 Å². The number of aliphatic carboxylic acids is 1. The van der Waals surface area contributed by atoms with Crippen LogP contribution in [0.3, 0.4) is 0 Å². The number of carboxylic acid groups (broad SMARTS) is 1. The topological polar surface area (TPSA) is 95.9 Å². The first kappa shape index (κ1) is 23.5. The average Bonchev–Trinajstić information content (AvgIpc) is 3.47. The average molecular weight is 479 g/mol. The van der Waals surface area contributed by atoms with Gasteiger partial charge in [0.15, 0.2) is 0 Å². The number of carbonyl (C=O) groups excluding carboxylic acids is 2. The van der Waals surface area contributed by atoms with E-state index in [0.29, 0.717) is 11.3 Å². The molecule has 0 radical (unpaired) electrons. The number of amides is 2. The zero-order chi connectivity index (χ0) is 24.1. The molecule has 176 valence electrons. The number of thiophene rings is 1. The lowest BCUT2D eigenvalue weighted by atomic mass is 9.98. The molecule has 2 N–H and O–H groups in total. The number of nitrogens with zero attached hydrogens (tertiary/aromatic N) is 1. The molecule has 2 aromatic carbocycles. The van der Waals surface area contributed by atoms with Crippen LogP contribution in [0.5, 0.6) is 0 Å². The van der Waals surface area contributed by atoms with Gasteiger partial charge in [0.1, 0.15) is 12.6 Å². The van der Waals surface area contributed by atoms with Crippen LogP contribution in [0.1, 0.15) is 40.8 Å². The number of hydrogen-bond donors (Lipinski definition) is 2. The van der Waals surface area contributed by atoms with Crippen molar-refractivity contribution in [3.63, 3.8) is 0 Å². The van der Waals surface area contributed by atoms with Crippen LogP contribution >= 0.6 is 11.3 Å².